The van der Waals surface area contributed by atoms with Crippen LogP contribution in [-0.2, 0) is 10.0 Å². The Morgan fingerprint density at radius 1 is 1.05 bits per heavy atom. The van der Waals surface area contributed by atoms with Gasteiger partial charge < -0.3 is 4.74 Å². The highest BCUT2D eigenvalue weighted by atomic mass is 79.9. The molecule has 0 aliphatic rings. The van der Waals surface area contributed by atoms with E-state index in [1.165, 1.54) is 4.31 Å². The first kappa shape index (κ1) is 16.8. The monoisotopic (exact) mass is 383 g/mol. The number of anilines is 1. The zero-order valence-electron chi connectivity index (χ0n) is 12.9. The molecule has 2 aromatic rings. The van der Waals surface area contributed by atoms with Gasteiger partial charge in [0.25, 0.3) is 10.0 Å². The van der Waals surface area contributed by atoms with Gasteiger partial charge in [0.1, 0.15) is 5.75 Å². The molecular formula is C16H18BrNO3S. The van der Waals surface area contributed by atoms with E-state index in [1.54, 1.807) is 38.4 Å². The summed E-state index contributed by atoms with van der Waals surface area (Å²) in [5.41, 5.74) is 2.38. The number of hydrogen-bond acceptors (Lipinski definition) is 3. The number of hydrogen-bond donors (Lipinski definition) is 0. The molecule has 0 saturated heterocycles. The van der Waals surface area contributed by atoms with Crippen LogP contribution in [0.4, 0.5) is 5.69 Å². The van der Waals surface area contributed by atoms with Crippen LogP contribution in [0, 0.1) is 13.8 Å². The molecule has 0 unspecified atom stereocenters. The summed E-state index contributed by atoms with van der Waals surface area (Å²) in [6, 6.07) is 10.3. The average molecular weight is 384 g/mol. The van der Waals surface area contributed by atoms with Crippen molar-refractivity contribution in [3.8, 4) is 5.75 Å². The van der Waals surface area contributed by atoms with Gasteiger partial charge in [-0.3, -0.25) is 4.31 Å². The van der Waals surface area contributed by atoms with Crippen molar-refractivity contribution in [3.63, 3.8) is 0 Å². The predicted molar refractivity (Wildman–Crippen MR) is 92.2 cm³/mol. The standard InChI is InChI=1S/C16H18BrNO3S/c1-11-9-13(5-7-15(11)17)18(3)22(19,20)14-6-8-16(21-4)12(2)10-14/h5-10H,1-4H3. The maximum atomic E-state index is 12.8. The van der Waals surface area contributed by atoms with Crippen LogP contribution >= 0.6 is 15.9 Å². The lowest BCUT2D eigenvalue weighted by atomic mass is 10.2. The second kappa shape index (κ2) is 6.30. The van der Waals surface area contributed by atoms with Gasteiger partial charge >= 0.3 is 0 Å². The molecule has 6 heteroatoms. The van der Waals surface area contributed by atoms with E-state index in [4.69, 9.17) is 4.74 Å². The van der Waals surface area contributed by atoms with Gasteiger partial charge in [0, 0.05) is 11.5 Å². The first-order valence-electron chi connectivity index (χ1n) is 6.67. The smallest absolute Gasteiger partial charge is 0.264 e. The van der Waals surface area contributed by atoms with E-state index in [9.17, 15) is 8.42 Å². The Morgan fingerprint density at radius 3 is 2.27 bits per heavy atom. The van der Waals surface area contributed by atoms with Crippen molar-refractivity contribution in [1.29, 1.82) is 0 Å². The normalized spacial score (nSPS) is 11.3. The molecule has 0 radical (unpaired) electrons. The zero-order chi connectivity index (χ0) is 16.5. The molecule has 0 saturated carbocycles. The molecule has 118 valence electrons. The fourth-order valence-corrected chi connectivity index (χ4v) is 3.65. The second-order valence-corrected chi connectivity index (χ2v) is 7.86. The van der Waals surface area contributed by atoms with Crippen LogP contribution in [0.3, 0.4) is 0 Å². The van der Waals surface area contributed by atoms with Crippen LogP contribution in [0.15, 0.2) is 45.8 Å². The van der Waals surface area contributed by atoms with Crippen LogP contribution in [0.1, 0.15) is 11.1 Å². The molecular weight excluding hydrogens is 366 g/mol. The third-order valence-corrected chi connectivity index (χ3v) is 6.20. The van der Waals surface area contributed by atoms with E-state index in [2.05, 4.69) is 15.9 Å². The molecule has 0 N–H and O–H groups in total. The van der Waals surface area contributed by atoms with Gasteiger partial charge in [0.15, 0.2) is 0 Å². The molecule has 2 rings (SSSR count). The van der Waals surface area contributed by atoms with Crippen molar-refractivity contribution < 1.29 is 13.2 Å². The molecule has 0 aliphatic heterocycles. The molecule has 2 aromatic carbocycles. The van der Waals surface area contributed by atoms with Gasteiger partial charge in [0.2, 0.25) is 0 Å². The third-order valence-electron chi connectivity index (χ3n) is 3.53. The Labute approximate surface area is 139 Å². The Morgan fingerprint density at radius 2 is 1.73 bits per heavy atom. The fourth-order valence-electron chi connectivity index (χ4n) is 2.13. The summed E-state index contributed by atoms with van der Waals surface area (Å²) >= 11 is 3.42. The lowest BCUT2D eigenvalue weighted by molar-refractivity contribution is 0.411. The van der Waals surface area contributed by atoms with Crippen molar-refractivity contribution in [3.05, 3.63) is 52.0 Å². The van der Waals surface area contributed by atoms with E-state index in [0.29, 0.717) is 11.4 Å². The SMILES string of the molecule is COc1ccc(S(=O)(=O)N(C)c2ccc(Br)c(C)c2)cc1C. The van der Waals surface area contributed by atoms with Crippen LogP contribution < -0.4 is 9.04 Å². The minimum absolute atomic E-state index is 0.244. The number of aryl methyl sites for hydroxylation is 2. The zero-order valence-corrected chi connectivity index (χ0v) is 15.3. The maximum absolute atomic E-state index is 12.8. The summed E-state index contributed by atoms with van der Waals surface area (Å²) in [4.78, 5) is 0.244. The molecule has 0 aromatic heterocycles. The van der Waals surface area contributed by atoms with E-state index in [-0.39, 0.29) is 4.90 Å². The van der Waals surface area contributed by atoms with Gasteiger partial charge in [0.05, 0.1) is 17.7 Å². The number of rotatable bonds is 4. The van der Waals surface area contributed by atoms with Crippen molar-refractivity contribution >= 4 is 31.6 Å². The van der Waals surface area contributed by atoms with Crippen molar-refractivity contribution in [2.75, 3.05) is 18.5 Å². The number of methoxy groups -OCH3 is 1. The summed E-state index contributed by atoms with van der Waals surface area (Å²) in [5, 5.41) is 0. The highest BCUT2D eigenvalue weighted by Crippen LogP contribution is 2.28. The molecule has 0 atom stereocenters. The Balaban J connectivity index is 2.44. The van der Waals surface area contributed by atoms with Gasteiger partial charge in [-0.1, -0.05) is 15.9 Å². The lowest BCUT2D eigenvalue weighted by Crippen LogP contribution is -2.26. The van der Waals surface area contributed by atoms with E-state index >= 15 is 0 Å². The molecule has 0 heterocycles. The van der Waals surface area contributed by atoms with E-state index in [0.717, 1.165) is 15.6 Å². The molecule has 4 nitrogen and oxygen atoms in total. The summed E-state index contributed by atoms with van der Waals surface area (Å²) in [7, 11) is -0.491. The van der Waals surface area contributed by atoms with Gasteiger partial charge in [-0.2, -0.15) is 0 Å². The second-order valence-electron chi connectivity index (χ2n) is 5.04. The first-order chi connectivity index (χ1) is 10.3. The number of benzene rings is 2. The van der Waals surface area contributed by atoms with Crippen LogP contribution in [-0.4, -0.2) is 22.6 Å². The first-order valence-corrected chi connectivity index (χ1v) is 8.90. The number of nitrogens with zero attached hydrogens (tertiary/aromatic N) is 1. The largest absolute Gasteiger partial charge is 0.496 e. The summed E-state index contributed by atoms with van der Waals surface area (Å²) in [6.45, 7) is 3.74. The molecule has 22 heavy (non-hydrogen) atoms. The number of halogens is 1. The molecule has 0 spiro atoms. The number of ether oxygens (including phenoxy) is 1. The highest BCUT2D eigenvalue weighted by Gasteiger charge is 2.22. The Bertz CT molecular complexity index is 803. The minimum Gasteiger partial charge on any atom is -0.496 e. The van der Waals surface area contributed by atoms with Crippen LogP contribution in [0.2, 0.25) is 0 Å². The molecule has 0 bridgehead atoms. The Hall–Kier alpha value is -1.53. The van der Waals surface area contributed by atoms with Crippen LogP contribution in [0.5, 0.6) is 5.75 Å². The third kappa shape index (κ3) is 3.13. The summed E-state index contributed by atoms with van der Waals surface area (Å²) < 4.78 is 32.9. The molecule has 0 amide bonds. The van der Waals surface area contributed by atoms with Gasteiger partial charge in [-0.05, 0) is 61.4 Å². The summed E-state index contributed by atoms with van der Waals surface area (Å²) in [6.07, 6.45) is 0. The molecule has 0 aliphatic carbocycles. The topological polar surface area (TPSA) is 46.6 Å². The fraction of sp³-hybridized carbons (Fsp3) is 0.250. The van der Waals surface area contributed by atoms with Crippen LogP contribution in [0.25, 0.3) is 0 Å². The lowest BCUT2D eigenvalue weighted by Gasteiger charge is -2.21. The predicted octanol–water partition coefficient (Wildman–Crippen LogP) is 3.90. The quantitative estimate of drug-likeness (QED) is 0.803. The van der Waals surface area contributed by atoms with Crippen molar-refractivity contribution in [1.82, 2.24) is 0 Å². The minimum atomic E-state index is -3.61. The molecule has 0 fully saturated rings. The average Bonchev–Trinajstić information content (AvgIpc) is 2.49. The van der Waals surface area contributed by atoms with Gasteiger partial charge in [-0.15, -0.1) is 0 Å². The van der Waals surface area contributed by atoms with E-state index in [1.807, 2.05) is 26.0 Å². The maximum Gasteiger partial charge on any atom is 0.264 e. The Kier molecular flexibility index (Phi) is 4.82. The van der Waals surface area contributed by atoms with E-state index < -0.39 is 10.0 Å². The van der Waals surface area contributed by atoms with Crippen molar-refractivity contribution in [2.45, 2.75) is 18.7 Å². The summed E-state index contributed by atoms with van der Waals surface area (Å²) in [5.74, 6) is 0.668. The van der Waals surface area contributed by atoms with Gasteiger partial charge in [-0.25, -0.2) is 8.42 Å². The van der Waals surface area contributed by atoms with Crippen molar-refractivity contribution in [2.24, 2.45) is 0 Å². The highest BCUT2D eigenvalue weighted by molar-refractivity contribution is 9.10. The number of sulfonamides is 1.